The summed E-state index contributed by atoms with van der Waals surface area (Å²) in [5.41, 5.74) is 0. The Morgan fingerprint density at radius 2 is 2.00 bits per heavy atom. The van der Waals surface area contributed by atoms with Gasteiger partial charge in [-0.05, 0) is 18.8 Å². The molecule has 0 bridgehead atoms. The van der Waals surface area contributed by atoms with Crippen molar-refractivity contribution in [2.75, 3.05) is 30.4 Å². The van der Waals surface area contributed by atoms with E-state index in [1.54, 1.807) is 0 Å². The highest BCUT2D eigenvalue weighted by atomic mass is 15.2. The summed E-state index contributed by atoms with van der Waals surface area (Å²) in [6.07, 6.45) is 3.87. The van der Waals surface area contributed by atoms with E-state index in [2.05, 4.69) is 42.0 Å². The van der Waals surface area contributed by atoms with Crippen molar-refractivity contribution >= 4 is 11.6 Å². The summed E-state index contributed by atoms with van der Waals surface area (Å²) in [7, 11) is 1.92. The fourth-order valence-electron chi connectivity index (χ4n) is 2.57. The Bertz CT molecular complexity index is 409. The SMILES string of the molecule is CCC1CCN(c2cc(NC)nc(C(C)C)n2)CC1. The normalized spacial score (nSPS) is 17.0. The molecular formula is C15H26N4. The molecule has 0 spiro atoms. The second-order valence-corrected chi connectivity index (χ2v) is 5.71. The highest BCUT2D eigenvalue weighted by molar-refractivity contribution is 5.49. The van der Waals surface area contributed by atoms with Gasteiger partial charge in [0, 0.05) is 32.1 Å². The van der Waals surface area contributed by atoms with Gasteiger partial charge in [-0.25, -0.2) is 9.97 Å². The van der Waals surface area contributed by atoms with Crippen molar-refractivity contribution in [1.82, 2.24) is 9.97 Å². The minimum Gasteiger partial charge on any atom is -0.373 e. The molecule has 0 unspecified atom stereocenters. The Kier molecular flexibility index (Phi) is 4.61. The Hall–Kier alpha value is -1.32. The number of anilines is 2. The first-order valence-corrected chi connectivity index (χ1v) is 7.45. The van der Waals surface area contributed by atoms with E-state index in [1.165, 1.54) is 19.3 Å². The molecule has 1 aromatic heterocycles. The van der Waals surface area contributed by atoms with Gasteiger partial charge in [-0.1, -0.05) is 27.2 Å². The molecule has 1 fully saturated rings. The van der Waals surface area contributed by atoms with E-state index in [-0.39, 0.29) is 0 Å². The highest BCUT2D eigenvalue weighted by Gasteiger charge is 2.20. The third kappa shape index (κ3) is 3.37. The molecule has 4 nitrogen and oxygen atoms in total. The largest absolute Gasteiger partial charge is 0.373 e. The van der Waals surface area contributed by atoms with Crippen molar-refractivity contribution in [3.63, 3.8) is 0 Å². The summed E-state index contributed by atoms with van der Waals surface area (Å²) in [6, 6.07) is 2.07. The van der Waals surface area contributed by atoms with E-state index in [4.69, 9.17) is 4.98 Å². The molecule has 1 N–H and O–H groups in total. The maximum absolute atomic E-state index is 4.73. The monoisotopic (exact) mass is 262 g/mol. The molecule has 1 aromatic rings. The average Bonchev–Trinajstić information content (AvgIpc) is 2.46. The zero-order valence-electron chi connectivity index (χ0n) is 12.6. The lowest BCUT2D eigenvalue weighted by molar-refractivity contribution is 0.393. The van der Waals surface area contributed by atoms with Crippen molar-refractivity contribution in [2.24, 2.45) is 5.92 Å². The topological polar surface area (TPSA) is 41.0 Å². The molecule has 4 heteroatoms. The molecule has 1 aliphatic rings. The van der Waals surface area contributed by atoms with Gasteiger partial charge in [0.2, 0.25) is 0 Å². The minimum atomic E-state index is 0.361. The lowest BCUT2D eigenvalue weighted by Crippen LogP contribution is -2.34. The summed E-state index contributed by atoms with van der Waals surface area (Å²) in [4.78, 5) is 11.7. The number of piperidine rings is 1. The van der Waals surface area contributed by atoms with Crippen LogP contribution in [0.4, 0.5) is 11.6 Å². The predicted octanol–water partition coefficient (Wildman–Crippen LogP) is 3.27. The van der Waals surface area contributed by atoms with Crippen LogP contribution in [-0.4, -0.2) is 30.1 Å². The second kappa shape index (κ2) is 6.22. The van der Waals surface area contributed by atoms with Gasteiger partial charge >= 0.3 is 0 Å². The number of nitrogens with one attached hydrogen (secondary N) is 1. The van der Waals surface area contributed by atoms with Gasteiger partial charge in [0.1, 0.15) is 17.5 Å². The fourth-order valence-corrected chi connectivity index (χ4v) is 2.57. The quantitative estimate of drug-likeness (QED) is 0.904. The molecule has 0 saturated carbocycles. The van der Waals surface area contributed by atoms with Gasteiger partial charge < -0.3 is 10.2 Å². The average molecular weight is 262 g/mol. The number of rotatable bonds is 4. The molecule has 2 rings (SSSR count). The highest BCUT2D eigenvalue weighted by Crippen LogP contribution is 2.26. The first-order valence-electron chi connectivity index (χ1n) is 7.45. The van der Waals surface area contributed by atoms with Crippen LogP contribution in [0.5, 0.6) is 0 Å². The van der Waals surface area contributed by atoms with Crippen molar-refractivity contribution in [3.05, 3.63) is 11.9 Å². The van der Waals surface area contributed by atoms with Crippen LogP contribution in [-0.2, 0) is 0 Å². The zero-order valence-corrected chi connectivity index (χ0v) is 12.6. The van der Waals surface area contributed by atoms with Crippen molar-refractivity contribution in [3.8, 4) is 0 Å². The molecule has 0 atom stereocenters. The number of hydrogen-bond donors (Lipinski definition) is 1. The Labute approximate surface area is 116 Å². The summed E-state index contributed by atoms with van der Waals surface area (Å²) in [5.74, 6) is 4.19. The van der Waals surface area contributed by atoms with E-state index in [9.17, 15) is 0 Å². The lowest BCUT2D eigenvalue weighted by Gasteiger charge is -2.32. The molecule has 1 aliphatic heterocycles. The van der Waals surface area contributed by atoms with Crippen LogP contribution in [0.25, 0.3) is 0 Å². The summed E-state index contributed by atoms with van der Waals surface area (Å²) >= 11 is 0. The summed E-state index contributed by atoms with van der Waals surface area (Å²) in [6.45, 7) is 8.82. The van der Waals surface area contributed by atoms with Crippen molar-refractivity contribution in [1.29, 1.82) is 0 Å². The molecule has 0 radical (unpaired) electrons. The van der Waals surface area contributed by atoms with Gasteiger partial charge in [-0.2, -0.15) is 0 Å². The second-order valence-electron chi connectivity index (χ2n) is 5.71. The van der Waals surface area contributed by atoms with Crippen molar-refractivity contribution in [2.45, 2.75) is 46.0 Å². The van der Waals surface area contributed by atoms with Crippen LogP contribution in [0.3, 0.4) is 0 Å². The third-order valence-electron chi connectivity index (χ3n) is 4.02. The standard InChI is InChI=1S/C15H26N4/c1-5-12-6-8-19(9-7-12)14-10-13(16-4)17-15(18-14)11(2)3/h10-12H,5-9H2,1-4H3,(H,16,17,18). The Morgan fingerprint density at radius 3 is 2.53 bits per heavy atom. The smallest absolute Gasteiger partial charge is 0.135 e. The third-order valence-corrected chi connectivity index (χ3v) is 4.02. The first kappa shape index (κ1) is 14.1. The summed E-state index contributed by atoms with van der Waals surface area (Å²) in [5, 5.41) is 3.14. The van der Waals surface area contributed by atoms with Gasteiger partial charge in [-0.15, -0.1) is 0 Å². The fraction of sp³-hybridized carbons (Fsp3) is 0.733. The van der Waals surface area contributed by atoms with E-state index < -0.39 is 0 Å². The maximum Gasteiger partial charge on any atom is 0.135 e. The van der Waals surface area contributed by atoms with Crippen LogP contribution in [0.15, 0.2) is 6.07 Å². The zero-order chi connectivity index (χ0) is 13.8. The molecular weight excluding hydrogens is 236 g/mol. The van der Waals surface area contributed by atoms with Gasteiger partial charge in [0.25, 0.3) is 0 Å². The number of nitrogens with zero attached hydrogens (tertiary/aromatic N) is 3. The van der Waals surface area contributed by atoms with Gasteiger partial charge in [0.05, 0.1) is 0 Å². The Balaban J connectivity index is 2.17. The number of hydrogen-bond acceptors (Lipinski definition) is 4. The van der Waals surface area contributed by atoms with E-state index in [0.29, 0.717) is 5.92 Å². The van der Waals surface area contributed by atoms with Gasteiger partial charge in [-0.3, -0.25) is 0 Å². The van der Waals surface area contributed by atoms with E-state index in [1.807, 2.05) is 7.05 Å². The number of aromatic nitrogens is 2. The lowest BCUT2D eigenvalue weighted by atomic mass is 9.94. The van der Waals surface area contributed by atoms with Crippen LogP contribution in [0, 0.1) is 5.92 Å². The van der Waals surface area contributed by atoms with Crippen LogP contribution < -0.4 is 10.2 Å². The minimum absolute atomic E-state index is 0.361. The summed E-state index contributed by atoms with van der Waals surface area (Å²) < 4.78 is 0. The molecule has 0 aromatic carbocycles. The molecule has 0 aliphatic carbocycles. The van der Waals surface area contributed by atoms with Crippen LogP contribution in [0.2, 0.25) is 0 Å². The molecule has 0 amide bonds. The molecule has 19 heavy (non-hydrogen) atoms. The first-order chi connectivity index (χ1) is 9.13. The van der Waals surface area contributed by atoms with Crippen LogP contribution >= 0.6 is 0 Å². The van der Waals surface area contributed by atoms with E-state index >= 15 is 0 Å². The predicted molar refractivity (Wildman–Crippen MR) is 80.9 cm³/mol. The van der Waals surface area contributed by atoms with E-state index in [0.717, 1.165) is 36.5 Å². The maximum atomic E-state index is 4.73. The van der Waals surface area contributed by atoms with Gasteiger partial charge in [0.15, 0.2) is 0 Å². The van der Waals surface area contributed by atoms with Crippen LogP contribution in [0.1, 0.15) is 51.8 Å². The molecule has 2 heterocycles. The molecule has 1 saturated heterocycles. The van der Waals surface area contributed by atoms with Crippen molar-refractivity contribution < 1.29 is 0 Å². The Morgan fingerprint density at radius 1 is 1.32 bits per heavy atom. The molecule has 106 valence electrons.